The lowest BCUT2D eigenvalue weighted by molar-refractivity contribution is 0.181. The van der Waals surface area contributed by atoms with Gasteiger partial charge in [0.2, 0.25) is 0 Å². The van der Waals surface area contributed by atoms with Crippen LogP contribution < -0.4 is 10.1 Å². The summed E-state index contributed by atoms with van der Waals surface area (Å²) in [6.07, 6.45) is 7.69. The fourth-order valence-corrected chi connectivity index (χ4v) is 6.45. The number of carbonyl (C=O) groups excluding carboxylic acids is 1. The highest BCUT2D eigenvalue weighted by Gasteiger charge is 2.34. The zero-order valence-electron chi connectivity index (χ0n) is 17.8. The van der Waals surface area contributed by atoms with E-state index in [1.807, 2.05) is 16.2 Å². The molecule has 3 aromatic rings. The lowest BCUT2D eigenvalue weighted by Gasteiger charge is -2.30. The second-order valence-electron chi connectivity index (χ2n) is 8.12. The number of thiophene rings is 1. The molecule has 1 atom stereocenters. The third kappa shape index (κ3) is 3.52. The van der Waals surface area contributed by atoms with E-state index in [0.717, 1.165) is 25.0 Å². The number of urea groups is 1. The second-order valence-corrected chi connectivity index (χ2v) is 9.64. The van der Waals surface area contributed by atoms with Crippen molar-refractivity contribution < 1.29 is 9.53 Å². The summed E-state index contributed by atoms with van der Waals surface area (Å²) in [4.78, 5) is 17.1. The molecule has 0 saturated heterocycles. The van der Waals surface area contributed by atoms with E-state index in [0.29, 0.717) is 23.0 Å². The molecule has 2 aromatic heterocycles. The molecule has 2 amide bonds. The maximum atomic E-state index is 13.6. The normalized spacial score (nSPS) is 17.4. The van der Waals surface area contributed by atoms with Gasteiger partial charge >= 0.3 is 6.03 Å². The van der Waals surface area contributed by atoms with Crippen molar-refractivity contribution in [3.05, 3.63) is 63.2 Å². The van der Waals surface area contributed by atoms with Crippen molar-refractivity contribution in [2.75, 3.05) is 12.4 Å². The molecule has 1 unspecified atom stereocenters. The lowest BCUT2D eigenvalue weighted by atomic mass is 9.95. The van der Waals surface area contributed by atoms with Crippen LogP contribution in [0.1, 0.15) is 53.9 Å². The summed E-state index contributed by atoms with van der Waals surface area (Å²) in [5.41, 5.74) is 4.51. The van der Waals surface area contributed by atoms with E-state index in [1.165, 1.54) is 33.8 Å². The lowest BCUT2D eigenvalue weighted by Crippen LogP contribution is -2.37. The highest BCUT2D eigenvalue weighted by atomic mass is 35.5. The molecular formula is C24H26ClN3O2S. The molecule has 5 rings (SSSR count). The number of rotatable bonds is 3. The highest BCUT2D eigenvalue weighted by molar-refractivity contribution is 7.15. The van der Waals surface area contributed by atoms with Crippen LogP contribution >= 0.6 is 22.9 Å². The van der Waals surface area contributed by atoms with Crippen molar-refractivity contribution in [2.45, 2.75) is 51.6 Å². The predicted molar refractivity (Wildman–Crippen MR) is 126 cm³/mol. The van der Waals surface area contributed by atoms with E-state index >= 15 is 0 Å². The van der Waals surface area contributed by atoms with Crippen LogP contribution in [-0.2, 0) is 19.4 Å². The Kier molecular flexibility index (Phi) is 5.44. The first-order valence-corrected chi connectivity index (χ1v) is 12.0. The average molecular weight is 456 g/mol. The molecule has 7 heteroatoms. The summed E-state index contributed by atoms with van der Waals surface area (Å²) in [7, 11) is 1.59. The molecule has 0 fully saturated rings. The van der Waals surface area contributed by atoms with Crippen molar-refractivity contribution in [3.8, 4) is 10.8 Å². The number of anilines is 1. The topological polar surface area (TPSA) is 46.5 Å². The van der Waals surface area contributed by atoms with Gasteiger partial charge in [-0.3, -0.25) is 0 Å². The quantitative estimate of drug-likeness (QED) is 0.485. The smallest absolute Gasteiger partial charge is 0.322 e. The number of amides is 2. The van der Waals surface area contributed by atoms with Crippen LogP contribution in [0, 0.1) is 0 Å². The van der Waals surface area contributed by atoms with Gasteiger partial charge in [0.25, 0.3) is 0 Å². The number of ether oxygens (including phenoxy) is 1. The Labute approximate surface area is 191 Å². The van der Waals surface area contributed by atoms with Crippen LogP contribution in [0.3, 0.4) is 0 Å². The summed E-state index contributed by atoms with van der Waals surface area (Å²) in [5.74, 6) is 0.595. The van der Waals surface area contributed by atoms with Gasteiger partial charge in [-0.05, 0) is 68.0 Å². The van der Waals surface area contributed by atoms with Crippen LogP contribution in [0.5, 0.6) is 5.75 Å². The summed E-state index contributed by atoms with van der Waals surface area (Å²) < 4.78 is 7.74. The number of aromatic nitrogens is 1. The molecule has 1 aliphatic heterocycles. The monoisotopic (exact) mass is 455 g/mol. The number of nitrogens with one attached hydrogen (secondary N) is 1. The maximum Gasteiger partial charge on any atom is 0.322 e. The van der Waals surface area contributed by atoms with E-state index in [9.17, 15) is 4.79 Å². The Morgan fingerprint density at radius 3 is 2.90 bits per heavy atom. The fourth-order valence-electron chi connectivity index (χ4n) is 4.87. The van der Waals surface area contributed by atoms with Crippen molar-refractivity contribution in [1.29, 1.82) is 0 Å². The van der Waals surface area contributed by atoms with E-state index in [1.54, 1.807) is 25.3 Å². The van der Waals surface area contributed by atoms with Gasteiger partial charge in [0.05, 0.1) is 25.4 Å². The SMILES string of the molecule is CCC1c2cccn2-c2sc3c(c2CN1C(=O)Nc1cc(Cl)ccc1OC)CCCC3. The Morgan fingerprint density at radius 1 is 1.26 bits per heavy atom. The van der Waals surface area contributed by atoms with Gasteiger partial charge in [-0.1, -0.05) is 18.5 Å². The van der Waals surface area contributed by atoms with Gasteiger partial charge in [0, 0.05) is 27.4 Å². The Morgan fingerprint density at radius 2 is 2.10 bits per heavy atom. The molecule has 0 spiro atoms. The molecule has 1 N–H and O–H groups in total. The first-order valence-electron chi connectivity index (χ1n) is 10.8. The van der Waals surface area contributed by atoms with Crippen LogP contribution in [0.4, 0.5) is 10.5 Å². The zero-order valence-corrected chi connectivity index (χ0v) is 19.4. The molecule has 1 aliphatic carbocycles. The van der Waals surface area contributed by atoms with Gasteiger partial charge in [0.1, 0.15) is 10.8 Å². The molecule has 1 aromatic carbocycles. The van der Waals surface area contributed by atoms with Gasteiger partial charge in [-0.2, -0.15) is 0 Å². The number of aryl methyl sites for hydroxylation is 1. The minimum Gasteiger partial charge on any atom is -0.495 e. The molecular weight excluding hydrogens is 430 g/mol. The molecule has 2 aliphatic rings. The number of hydrogen-bond acceptors (Lipinski definition) is 3. The first-order chi connectivity index (χ1) is 15.1. The highest BCUT2D eigenvalue weighted by Crippen LogP contribution is 2.43. The number of hydrogen-bond donors (Lipinski definition) is 1. The van der Waals surface area contributed by atoms with Crippen LogP contribution in [0.25, 0.3) is 5.00 Å². The third-order valence-corrected chi connectivity index (χ3v) is 7.92. The number of methoxy groups -OCH3 is 1. The second kappa shape index (κ2) is 8.24. The zero-order chi connectivity index (χ0) is 21.5. The summed E-state index contributed by atoms with van der Waals surface area (Å²) in [5, 5.41) is 4.90. The minimum atomic E-state index is -0.135. The van der Waals surface area contributed by atoms with Crippen molar-refractivity contribution in [3.63, 3.8) is 0 Å². The Hall–Kier alpha value is -2.44. The van der Waals surface area contributed by atoms with Crippen molar-refractivity contribution in [2.24, 2.45) is 0 Å². The molecule has 31 heavy (non-hydrogen) atoms. The number of fused-ring (bicyclic) bond motifs is 5. The van der Waals surface area contributed by atoms with E-state index in [4.69, 9.17) is 16.3 Å². The first kappa shape index (κ1) is 20.5. The molecule has 0 bridgehead atoms. The summed E-state index contributed by atoms with van der Waals surface area (Å²) in [6.45, 7) is 2.74. The van der Waals surface area contributed by atoms with Crippen LogP contribution in [0.15, 0.2) is 36.5 Å². The van der Waals surface area contributed by atoms with E-state index < -0.39 is 0 Å². The maximum absolute atomic E-state index is 13.6. The number of halogens is 1. The number of carbonyl (C=O) groups is 1. The fraction of sp³-hybridized carbons (Fsp3) is 0.375. The van der Waals surface area contributed by atoms with Gasteiger partial charge in [-0.15, -0.1) is 11.3 Å². The predicted octanol–water partition coefficient (Wildman–Crippen LogP) is 6.58. The molecule has 0 saturated carbocycles. The van der Waals surface area contributed by atoms with Gasteiger partial charge < -0.3 is 19.5 Å². The summed E-state index contributed by atoms with van der Waals surface area (Å²) in [6, 6.07) is 9.34. The van der Waals surface area contributed by atoms with Crippen molar-refractivity contribution in [1.82, 2.24) is 9.47 Å². The molecule has 0 radical (unpaired) electrons. The standard InChI is InChI=1S/C24H26ClN3O2S/c1-3-19-20-8-6-12-27(20)23-17(16-7-4-5-9-22(16)31-23)14-28(19)24(29)26-18-13-15(25)10-11-21(18)30-2/h6,8,10-13,19H,3-5,7,9,14H2,1-2H3,(H,26,29). The summed E-state index contributed by atoms with van der Waals surface area (Å²) >= 11 is 8.09. The molecule has 3 heterocycles. The van der Waals surface area contributed by atoms with Gasteiger partial charge in [0.15, 0.2) is 0 Å². The van der Waals surface area contributed by atoms with Crippen LogP contribution in [-0.4, -0.2) is 22.6 Å². The largest absolute Gasteiger partial charge is 0.495 e. The third-order valence-electron chi connectivity index (χ3n) is 6.36. The van der Waals surface area contributed by atoms with Crippen molar-refractivity contribution >= 4 is 34.7 Å². The number of benzene rings is 1. The molecule has 162 valence electrons. The minimum absolute atomic E-state index is 0.0148. The molecule has 5 nitrogen and oxygen atoms in total. The van der Waals surface area contributed by atoms with Gasteiger partial charge in [-0.25, -0.2) is 4.79 Å². The van der Waals surface area contributed by atoms with E-state index in [-0.39, 0.29) is 12.1 Å². The average Bonchev–Trinajstić information content (AvgIpc) is 3.36. The van der Waals surface area contributed by atoms with Crippen LogP contribution in [0.2, 0.25) is 5.02 Å². The van der Waals surface area contributed by atoms with E-state index in [2.05, 4.69) is 35.1 Å². The Balaban J connectivity index is 1.57. The Bertz CT molecular complexity index is 1140. The number of nitrogens with zero attached hydrogens (tertiary/aromatic N) is 2.